The van der Waals surface area contributed by atoms with Gasteiger partial charge in [0.2, 0.25) is 0 Å². The predicted molar refractivity (Wildman–Crippen MR) is 142 cm³/mol. The van der Waals surface area contributed by atoms with Gasteiger partial charge in [-0.15, -0.1) is 0 Å². The highest BCUT2D eigenvalue weighted by Gasteiger charge is 2.55. The molecular weight excluding hydrogens is 384 g/mol. The lowest BCUT2D eigenvalue weighted by molar-refractivity contribution is 0.00273. The van der Waals surface area contributed by atoms with E-state index < -0.39 is 0 Å². The maximum atomic E-state index is 2.67. The Bertz CT molecular complexity index is 687. The quantitative estimate of drug-likeness (QED) is 0.336. The van der Waals surface area contributed by atoms with E-state index in [0.29, 0.717) is 5.41 Å². The molecule has 2 fully saturated rings. The summed E-state index contributed by atoms with van der Waals surface area (Å²) >= 11 is 0. The van der Waals surface area contributed by atoms with Gasteiger partial charge in [-0.2, -0.15) is 0 Å². The Morgan fingerprint density at radius 1 is 0.906 bits per heavy atom. The molecule has 3 unspecified atom stereocenters. The van der Waals surface area contributed by atoms with Crippen molar-refractivity contribution in [1.82, 2.24) is 0 Å². The van der Waals surface area contributed by atoms with Gasteiger partial charge in [-0.3, -0.25) is 0 Å². The lowest BCUT2D eigenvalue weighted by atomic mass is 9.51. The molecule has 3 aliphatic rings. The molecule has 3 aliphatic carbocycles. The second-order valence-electron chi connectivity index (χ2n) is 11.7. The second kappa shape index (κ2) is 12.1. The Kier molecular flexibility index (Phi) is 9.75. The highest BCUT2D eigenvalue weighted by molar-refractivity contribution is 5.38. The Hall–Kier alpha value is -0.780. The number of unbranched alkanes of at least 4 members (excludes halogenated alkanes) is 7. The monoisotopic (exact) mass is 438 g/mol. The maximum absolute atomic E-state index is 2.67. The fraction of sp³-hybridized carbons (Fsp3) is 0.812. The summed E-state index contributed by atoms with van der Waals surface area (Å²) in [6.45, 7) is 13.8. The van der Waals surface area contributed by atoms with Gasteiger partial charge < -0.3 is 0 Å². The van der Waals surface area contributed by atoms with Gasteiger partial charge >= 0.3 is 0 Å². The maximum Gasteiger partial charge on any atom is -0.0125 e. The first-order valence-corrected chi connectivity index (χ1v) is 14.6. The summed E-state index contributed by atoms with van der Waals surface area (Å²) in [4.78, 5) is 0. The fourth-order valence-electron chi connectivity index (χ4n) is 8.00. The zero-order valence-corrected chi connectivity index (χ0v) is 22.5. The average molecular weight is 439 g/mol. The van der Waals surface area contributed by atoms with Crippen molar-refractivity contribution < 1.29 is 0 Å². The van der Waals surface area contributed by atoms with E-state index in [1.807, 2.05) is 13.8 Å². The van der Waals surface area contributed by atoms with Crippen LogP contribution in [0.15, 0.2) is 18.2 Å². The number of hydrogen-bond acceptors (Lipinski definition) is 0. The molecule has 0 N–H and O–H groups in total. The number of hydrogen-bond donors (Lipinski definition) is 0. The summed E-state index contributed by atoms with van der Waals surface area (Å²) in [6.07, 6.45) is 20.4. The summed E-state index contributed by atoms with van der Waals surface area (Å²) in [5, 5.41) is 0. The molecule has 0 spiro atoms. The van der Waals surface area contributed by atoms with Crippen molar-refractivity contribution in [2.75, 3.05) is 0 Å². The highest BCUT2D eigenvalue weighted by Crippen LogP contribution is 2.64. The molecule has 182 valence electrons. The van der Waals surface area contributed by atoms with E-state index in [9.17, 15) is 0 Å². The molecule has 0 nitrogen and oxygen atoms in total. The standard InChI is InChI=1S/C30H48.C2H6/c1-5-6-7-8-9-10-11-12-13-24-21-25-20-22(2)14-16-26(25)27-18-19-30(4)23(3)15-17-28(30)29(24)27;1-2/h14,16,20,23-24,27-29H,5-13,15,17-19,21H2,1-4H3;1-2H3/t23-,24+,27?,28?,29?,30+;/m0./s1. The summed E-state index contributed by atoms with van der Waals surface area (Å²) in [5.41, 5.74) is 5.56. The Morgan fingerprint density at radius 3 is 2.31 bits per heavy atom. The van der Waals surface area contributed by atoms with E-state index in [1.54, 1.807) is 11.1 Å². The zero-order chi connectivity index (χ0) is 23.1. The average Bonchev–Trinajstić information content (AvgIpc) is 3.11. The van der Waals surface area contributed by atoms with Crippen LogP contribution >= 0.6 is 0 Å². The van der Waals surface area contributed by atoms with Crippen molar-refractivity contribution in [2.24, 2.45) is 29.1 Å². The highest BCUT2D eigenvalue weighted by atomic mass is 14.6. The van der Waals surface area contributed by atoms with E-state index in [2.05, 4.69) is 45.9 Å². The largest absolute Gasteiger partial charge is 0.0683 e. The number of fused-ring (bicyclic) bond motifs is 5. The minimum absolute atomic E-state index is 0.626. The Morgan fingerprint density at radius 2 is 1.59 bits per heavy atom. The van der Waals surface area contributed by atoms with Crippen LogP contribution in [-0.2, 0) is 6.42 Å². The van der Waals surface area contributed by atoms with Crippen LogP contribution in [0, 0.1) is 36.0 Å². The number of rotatable bonds is 9. The lowest BCUT2D eigenvalue weighted by Crippen LogP contribution is -2.45. The van der Waals surface area contributed by atoms with Gasteiger partial charge in [0.05, 0.1) is 0 Å². The van der Waals surface area contributed by atoms with Crippen LogP contribution in [0.25, 0.3) is 0 Å². The molecule has 0 aromatic heterocycles. The minimum Gasteiger partial charge on any atom is -0.0683 e. The van der Waals surface area contributed by atoms with Crippen molar-refractivity contribution in [3.63, 3.8) is 0 Å². The molecule has 1 aromatic rings. The molecule has 4 rings (SSSR count). The van der Waals surface area contributed by atoms with Gasteiger partial charge in [-0.05, 0) is 91.6 Å². The molecule has 0 heteroatoms. The molecule has 0 bridgehead atoms. The molecule has 0 heterocycles. The summed E-state index contributed by atoms with van der Waals surface area (Å²) < 4.78 is 0. The number of aryl methyl sites for hydroxylation is 1. The Labute approximate surface area is 201 Å². The van der Waals surface area contributed by atoms with Crippen LogP contribution in [0.4, 0.5) is 0 Å². The third-order valence-electron chi connectivity index (χ3n) is 9.96. The fourth-order valence-corrected chi connectivity index (χ4v) is 8.00. The van der Waals surface area contributed by atoms with Crippen molar-refractivity contribution in [3.8, 4) is 0 Å². The number of benzene rings is 1. The van der Waals surface area contributed by atoms with Crippen LogP contribution in [-0.4, -0.2) is 0 Å². The molecular formula is C32H54. The van der Waals surface area contributed by atoms with Gasteiger partial charge in [-0.25, -0.2) is 0 Å². The van der Waals surface area contributed by atoms with Crippen molar-refractivity contribution in [3.05, 3.63) is 34.9 Å². The Balaban J connectivity index is 0.00000141. The third-order valence-corrected chi connectivity index (χ3v) is 9.96. The van der Waals surface area contributed by atoms with Crippen LogP contribution in [0.2, 0.25) is 0 Å². The van der Waals surface area contributed by atoms with E-state index in [0.717, 1.165) is 29.6 Å². The molecule has 0 aliphatic heterocycles. The normalized spacial score (nSPS) is 33.0. The SMILES string of the molecule is CC.CCCCCCCCCC[C@@H]1Cc2cc(C)ccc2C2CC[C@@]3(C)C(CC[C@@H]3C)C21. The van der Waals surface area contributed by atoms with Gasteiger partial charge in [0, 0.05) is 0 Å². The molecule has 6 atom stereocenters. The minimum atomic E-state index is 0.626. The van der Waals surface area contributed by atoms with E-state index in [-0.39, 0.29) is 0 Å². The molecule has 2 saturated carbocycles. The van der Waals surface area contributed by atoms with E-state index >= 15 is 0 Å². The molecule has 0 amide bonds. The van der Waals surface area contributed by atoms with Crippen molar-refractivity contribution >= 4 is 0 Å². The van der Waals surface area contributed by atoms with Gasteiger partial charge in [0.15, 0.2) is 0 Å². The van der Waals surface area contributed by atoms with E-state index in [1.165, 1.54) is 95.5 Å². The smallest absolute Gasteiger partial charge is 0.0125 e. The van der Waals surface area contributed by atoms with Crippen molar-refractivity contribution in [2.45, 2.75) is 137 Å². The van der Waals surface area contributed by atoms with Gasteiger partial charge in [0.1, 0.15) is 0 Å². The third kappa shape index (κ3) is 5.47. The van der Waals surface area contributed by atoms with Crippen LogP contribution in [0.5, 0.6) is 0 Å². The second-order valence-corrected chi connectivity index (χ2v) is 11.7. The summed E-state index contributed by atoms with van der Waals surface area (Å²) in [5.74, 6) is 4.69. The predicted octanol–water partition coefficient (Wildman–Crippen LogP) is 10.3. The zero-order valence-electron chi connectivity index (χ0n) is 22.5. The first-order chi connectivity index (χ1) is 15.5. The molecule has 1 aromatic carbocycles. The molecule has 0 saturated heterocycles. The molecule has 32 heavy (non-hydrogen) atoms. The lowest BCUT2D eigenvalue weighted by Gasteiger charge is -2.53. The summed E-state index contributed by atoms with van der Waals surface area (Å²) in [7, 11) is 0. The topological polar surface area (TPSA) is 0 Å². The first kappa shape index (κ1) is 25.8. The van der Waals surface area contributed by atoms with Crippen molar-refractivity contribution in [1.29, 1.82) is 0 Å². The van der Waals surface area contributed by atoms with E-state index in [4.69, 9.17) is 0 Å². The molecule has 0 radical (unpaired) electrons. The van der Waals surface area contributed by atoms with Crippen LogP contribution < -0.4 is 0 Å². The summed E-state index contributed by atoms with van der Waals surface area (Å²) in [6, 6.07) is 7.45. The van der Waals surface area contributed by atoms with Gasteiger partial charge in [0.25, 0.3) is 0 Å². The van der Waals surface area contributed by atoms with Crippen LogP contribution in [0.1, 0.15) is 141 Å². The van der Waals surface area contributed by atoms with Crippen LogP contribution in [0.3, 0.4) is 0 Å². The van der Waals surface area contributed by atoms with Gasteiger partial charge in [-0.1, -0.05) is 110 Å². The first-order valence-electron chi connectivity index (χ1n) is 14.6.